The molecule has 0 spiro atoms. The summed E-state index contributed by atoms with van der Waals surface area (Å²) >= 11 is 0. The lowest BCUT2D eigenvalue weighted by Crippen LogP contribution is -2.35. The lowest BCUT2D eigenvalue weighted by molar-refractivity contribution is 0.0697. The minimum atomic E-state index is -0.968. The summed E-state index contributed by atoms with van der Waals surface area (Å²) in [4.78, 5) is 15.7. The Morgan fingerprint density at radius 3 is 2.82 bits per heavy atom. The zero-order chi connectivity index (χ0) is 14.8. The summed E-state index contributed by atoms with van der Waals surface area (Å²) in [6.07, 6.45) is 5.07. The predicted octanol–water partition coefficient (Wildman–Crippen LogP) is 1.74. The van der Waals surface area contributed by atoms with E-state index in [0.29, 0.717) is 12.2 Å². The molecule has 22 heavy (non-hydrogen) atoms. The monoisotopic (exact) mass is 325 g/mol. The highest BCUT2D eigenvalue weighted by Gasteiger charge is 2.21. The zero-order valence-electron chi connectivity index (χ0n) is 12.4. The number of carbonyl (C=O) groups is 1. The van der Waals surface area contributed by atoms with E-state index in [0.717, 1.165) is 37.0 Å². The molecule has 1 aliphatic rings. The molecule has 3 N–H and O–H groups in total. The summed E-state index contributed by atoms with van der Waals surface area (Å²) in [6.45, 7) is 4.58. The Morgan fingerprint density at radius 2 is 2.18 bits per heavy atom. The second kappa shape index (κ2) is 6.93. The normalized spacial score (nSPS) is 15.5. The van der Waals surface area contributed by atoms with Gasteiger partial charge in [0.05, 0.1) is 17.3 Å². The molecule has 0 unspecified atom stereocenters. The number of hydrogen-bond donors (Lipinski definition) is 3. The van der Waals surface area contributed by atoms with Gasteiger partial charge in [-0.05, 0) is 32.9 Å². The van der Waals surface area contributed by atoms with Gasteiger partial charge in [-0.1, -0.05) is 0 Å². The largest absolute Gasteiger partial charge is 0.478 e. The summed E-state index contributed by atoms with van der Waals surface area (Å²) < 4.78 is 1.77. The van der Waals surface area contributed by atoms with Crippen molar-refractivity contribution in [2.24, 2.45) is 0 Å². The van der Waals surface area contributed by atoms with Gasteiger partial charge in [0, 0.05) is 18.8 Å². The fourth-order valence-electron chi connectivity index (χ4n) is 2.75. The molecular weight excluding hydrogens is 306 g/mol. The van der Waals surface area contributed by atoms with E-state index in [4.69, 9.17) is 0 Å². The van der Waals surface area contributed by atoms with Gasteiger partial charge in [0.25, 0.3) is 0 Å². The fraction of sp³-hybridized carbons (Fsp3) is 0.500. The number of nitrogens with one attached hydrogen (secondary N) is 2. The third-order valence-corrected chi connectivity index (χ3v) is 3.88. The Morgan fingerprint density at radius 1 is 1.45 bits per heavy atom. The van der Waals surface area contributed by atoms with Gasteiger partial charge in [0.15, 0.2) is 5.65 Å². The van der Waals surface area contributed by atoms with Gasteiger partial charge in [-0.25, -0.2) is 14.5 Å². The number of rotatable bonds is 4. The highest BCUT2D eigenvalue weighted by molar-refractivity contribution is 6.03. The number of piperidine rings is 1. The summed E-state index contributed by atoms with van der Waals surface area (Å²) in [7, 11) is 0. The molecule has 120 valence electrons. The molecule has 0 atom stereocenters. The van der Waals surface area contributed by atoms with Crippen LogP contribution in [0.3, 0.4) is 0 Å². The van der Waals surface area contributed by atoms with E-state index < -0.39 is 5.97 Å². The zero-order valence-corrected chi connectivity index (χ0v) is 13.2. The Balaban J connectivity index is 0.00000176. The SMILES string of the molecule is CCn1ncc2c(NC3CCNCC3)c(C(=O)O)cnc21.Cl. The molecule has 0 radical (unpaired) electrons. The predicted molar refractivity (Wildman–Crippen MR) is 86.9 cm³/mol. The van der Waals surface area contributed by atoms with Crippen molar-refractivity contribution in [2.45, 2.75) is 32.4 Å². The molecule has 1 aliphatic heterocycles. The molecule has 0 aliphatic carbocycles. The first-order valence-electron chi connectivity index (χ1n) is 7.25. The summed E-state index contributed by atoms with van der Waals surface area (Å²) in [5.41, 5.74) is 1.56. The van der Waals surface area contributed by atoms with E-state index in [9.17, 15) is 9.90 Å². The number of anilines is 1. The van der Waals surface area contributed by atoms with Crippen LogP contribution in [0, 0.1) is 0 Å². The molecule has 8 heteroatoms. The van der Waals surface area contributed by atoms with Crippen molar-refractivity contribution in [1.29, 1.82) is 0 Å². The number of aryl methyl sites for hydroxylation is 1. The lowest BCUT2D eigenvalue weighted by Gasteiger charge is -2.25. The van der Waals surface area contributed by atoms with E-state index >= 15 is 0 Å². The first-order chi connectivity index (χ1) is 10.2. The first-order valence-corrected chi connectivity index (χ1v) is 7.25. The fourth-order valence-corrected chi connectivity index (χ4v) is 2.75. The van der Waals surface area contributed by atoms with Crippen LogP contribution in [0.15, 0.2) is 12.4 Å². The van der Waals surface area contributed by atoms with E-state index in [1.54, 1.807) is 10.9 Å². The number of fused-ring (bicyclic) bond motifs is 1. The average Bonchev–Trinajstić information content (AvgIpc) is 2.92. The van der Waals surface area contributed by atoms with Crippen molar-refractivity contribution >= 4 is 35.1 Å². The van der Waals surface area contributed by atoms with Gasteiger partial charge in [0.1, 0.15) is 5.56 Å². The number of hydrogen-bond acceptors (Lipinski definition) is 5. The molecule has 0 aromatic carbocycles. The molecular formula is C14H20ClN5O2. The number of carboxylic acids is 1. The van der Waals surface area contributed by atoms with Crippen LogP contribution in [0.5, 0.6) is 0 Å². The Kier molecular flexibility index (Phi) is 5.20. The van der Waals surface area contributed by atoms with Crippen LogP contribution >= 0.6 is 12.4 Å². The highest BCUT2D eigenvalue weighted by Crippen LogP contribution is 2.27. The Labute approximate surface area is 134 Å². The number of aromatic nitrogens is 3. The molecule has 2 aromatic heterocycles. The van der Waals surface area contributed by atoms with Crippen LogP contribution < -0.4 is 10.6 Å². The summed E-state index contributed by atoms with van der Waals surface area (Å²) in [5, 5.41) is 21.1. The van der Waals surface area contributed by atoms with Crippen molar-refractivity contribution in [3.05, 3.63) is 18.0 Å². The number of nitrogens with zero attached hydrogens (tertiary/aromatic N) is 3. The summed E-state index contributed by atoms with van der Waals surface area (Å²) in [6, 6.07) is 0.278. The maximum Gasteiger partial charge on any atom is 0.339 e. The van der Waals surface area contributed by atoms with E-state index in [-0.39, 0.29) is 24.0 Å². The first kappa shape index (κ1) is 16.5. The van der Waals surface area contributed by atoms with Crippen LogP contribution in [0.2, 0.25) is 0 Å². The van der Waals surface area contributed by atoms with Gasteiger partial charge < -0.3 is 15.7 Å². The van der Waals surface area contributed by atoms with Crippen LogP contribution in [-0.4, -0.2) is 45.0 Å². The van der Waals surface area contributed by atoms with Crippen molar-refractivity contribution in [1.82, 2.24) is 20.1 Å². The minimum Gasteiger partial charge on any atom is -0.478 e. The molecule has 0 amide bonds. The number of carboxylic acid groups (broad SMARTS) is 1. The summed E-state index contributed by atoms with van der Waals surface area (Å²) in [5.74, 6) is -0.968. The quantitative estimate of drug-likeness (QED) is 0.793. The third-order valence-electron chi connectivity index (χ3n) is 3.88. The standard InChI is InChI=1S/C14H19N5O2.ClH/c1-2-19-13-10(8-17-19)12(11(7-16-13)14(20)21)18-9-3-5-15-6-4-9;/h7-9,15H,2-6H2,1H3,(H,16,18)(H,20,21);1H. The van der Waals surface area contributed by atoms with Gasteiger partial charge in [0.2, 0.25) is 0 Å². The maximum atomic E-state index is 11.5. The molecule has 3 rings (SSSR count). The van der Waals surface area contributed by atoms with E-state index in [1.165, 1.54) is 6.20 Å². The third kappa shape index (κ3) is 3.00. The van der Waals surface area contributed by atoms with Crippen molar-refractivity contribution in [2.75, 3.05) is 18.4 Å². The highest BCUT2D eigenvalue weighted by atomic mass is 35.5. The second-order valence-electron chi connectivity index (χ2n) is 5.22. The molecule has 1 fully saturated rings. The van der Waals surface area contributed by atoms with Crippen LogP contribution in [0.4, 0.5) is 5.69 Å². The number of pyridine rings is 1. The van der Waals surface area contributed by atoms with Gasteiger partial charge in [-0.3, -0.25) is 0 Å². The molecule has 7 nitrogen and oxygen atoms in total. The number of aromatic carboxylic acids is 1. The van der Waals surface area contributed by atoms with Crippen molar-refractivity contribution in [3.63, 3.8) is 0 Å². The number of halogens is 1. The van der Waals surface area contributed by atoms with Crippen LogP contribution in [0.25, 0.3) is 11.0 Å². The maximum absolute atomic E-state index is 11.5. The second-order valence-corrected chi connectivity index (χ2v) is 5.22. The minimum absolute atomic E-state index is 0. The smallest absolute Gasteiger partial charge is 0.339 e. The molecule has 0 bridgehead atoms. The Bertz CT molecular complexity index is 667. The van der Waals surface area contributed by atoms with Crippen molar-refractivity contribution in [3.8, 4) is 0 Å². The molecule has 3 heterocycles. The molecule has 0 saturated carbocycles. The Hall–Kier alpha value is -1.86. The average molecular weight is 326 g/mol. The molecule has 1 saturated heterocycles. The van der Waals surface area contributed by atoms with Gasteiger partial charge in [-0.2, -0.15) is 5.10 Å². The van der Waals surface area contributed by atoms with Crippen molar-refractivity contribution < 1.29 is 9.90 Å². The van der Waals surface area contributed by atoms with E-state index in [2.05, 4.69) is 20.7 Å². The van der Waals surface area contributed by atoms with E-state index in [1.807, 2.05) is 6.92 Å². The lowest BCUT2D eigenvalue weighted by atomic mass is 10.0. The topological polar surface area (TPSA) is 92.1 Å². The van der Waals surface area contributed by atoms with Gasteiger partial charge >= 0.3 is 5.97 Å². The van der Waals surface area contributed by atoms with Crippen LogP contribution in [-0.2, 0) is 6.54 Å². The van der Waals surface area contributed by atoms with Crippen LogP contribution in [0.1, 0.15) is 30.1 Å². The van der Waals surface area contributed by atoms with Gasteiger partial charge in [-0.15, -0.1) is 12.4 Å². The molecule has 2 aromatic rings.